The van der Waals surface area contributed by atoms with Crippen LogP contribution in [0.2, 0.25) is 0 Å². The summed E-state index contributed by atoms with van der Waals surface area (Å²) in [5.74, 6) is -0.133. The number of hydrogen-bond acceptors (Lipinski definition) is 4. The normalized spacial score (nSPS) is 21.9. The largest absolute Gasteiger partial charge is 0.465 e. The summed E-state index contributed by atoms with van der Waals surface area (Å²) < 4.78 is 9.76. The molecular formula is C15H16O4. The Labute approximate surface area is 111 Å². The van der Waals surface area contributed by atoms with E-state index < -0.39 is 0 Å². The molecule has 0 aliphatic heterocycles. The van der Waals surface area contributed by atoms with Gasteiger partial charge < -0.3 is 9.47 Å². The van der Waals surface area contributed by atoms with Gasteiger partial charge in [-0.15, -0.1) is 0 Å². The molecule has 2 aliphatic carbocycles. The van der Waals surface area contributed by atoms with Crippen LogP contribution in [0.3, 0.4) is 0 Å². The summed E-state index contributed by atoms with van der Waals surface area (Å²) in [6.07, 6.45) is 0.823. The lowest BCUT2D eigenvalue weighted by Crippen LogP contribution is -2.24. The molecular weight excluding hydrogens is 244 g/mol. The first-order valence-electron chi connectivity index (χ1n) is 6.42. The highest BCUT2D eigenvalue weighted by atomic mass is 16.5. The molecule has 0 spiro atoms. The van der Waals surface area contributed by atoms with Gasteiger partial charge in [0.2, 0.25) is 0 Å². The minimum absolute atomic E-state index is 0.154. The minimum atomic E-state index is -0.292. The van der Waals surface area contributed by atoms with Gasteiger partial charge in [-0.3, -0.25) is 0 Å². The van der Waals surface area contributed by atoms with E-state index in [1.165, 1.54) is 14.2 Å². The van der Waals surface area contributed by atoms with Crippen molar-refractivity contribution >= 4 is 11.9 Å². The first kappa shape index (κ1) is 12.2. The van der Waals surface area contributed by atoms with E-state index in [1.54, 1.807) is 0 Å². The summed E-state index contributed by atoms with van der Waals surface area (Å²) in [4.78, 5) is 23.9. The average molecular weight is 260 g/mol. The van der Waals surface area contributed by atoms with Crippen LogP contribution in [0.1, 0.15) is 68.7 Å². The van der Waals surface area contributed by atoms with Crippen LogP contribution in [0.4, 0.5) is 0 Å². The van der Waals surface area contributed by atoms with Crippen molar-refractivity contribution in [3.05, 3.63) is 33.4 Å². The number of hydrogen-bond donors (Lipinski definition) is 0. The molecule has 1 aromatic rings. The van der Waals surface area contributed by atoms with Crippen LogP contribution in [-0.4, -0.2) is 26.2 Å². The van der Waals surface area contributed by atoms with Gasteiger partial charge in [0.05, 0.1) is 25.3 Å². The van der Waals surface area contributed by atoms with Crippen LogP contribution in [0.25, 0.3) is 0 Å². The highest BCUT2D eigenvalue weighted by Crippen LogP contribution is 2.55. The van der Waals surface area contributed by atoms with Crippen molar-refractivity contribution < 1.29 is 19.1 Å². The van der Waals surface area contributed by atoms with E-state index in [-0.39, 0.29) is 17.9 Å². The third-order valence-corrected chi connectivity index (χ3v) is 4.29. The monoisotopic (exact) mass is 260 g/mol. The van der Waals surface area contributed by atoms with Crippen molar-refractivity contribution in [3.63, 3.8) is 0 Å². The molecule has 0 aromatic heterocycles. The van der Waals surface area contributed by atoms with Crippen molar-refractivity contribution in [2.45, 2.75) is 32.1 Å². The van der Waals surface area contributed by atoms with Crippen molar-refractivity contribution in [2.24, 2.45) is 0 Å². The maximum absolute atomic E-state index is 12.0. The van der Waals surface area contributed by atoms with Crippen LogP contribution in [-0.2, 0) is 15.9 Å². The number of benzene rings is 1. The molecule has 2 aliphatic rings. The number of rotatable bonds is 2. The Morgan fingerprint density at radius 3 is 2.00 bits per heavy atom. The van der Waals surface area contributed by atoms with E-state index in [0.29, 0.717) is 17.0 Å². The Balaban J connectivity index is 2.26. The number of carbonyl (C=O) groups is 2. The predicted octanol–water partition coefficient (Wildman–Crippen LogP) is 2.38. The molecule has 19 heavy (non-hydrogen) atoms. The molecule has 0 fully saturated rings. The Hall–Kier alpha value is -1.84. The lowest BCUT2D eigenvalue weighted by atomic mass is 9.73. The molecule has 0 amide bonds. The Kier molecular flexibility index (Phi) is 2.46. The summed E-state index contributed by atoms with van der Waals surface area (Å²) in [7, 11) is 2.79. The Morgan fingerprint density at radius 1 is 0.947 bits per heavy atom. The van der Waals surface area contributed by atoms with Gasteiger partial charge in [-0.2, -0.15) is 0 Å². The van der Waals surface area contributed by atoms with Gasteiger partial charge in [-0.1, -0.05) is 13.8 Å². The third-order valence-electron chi connectivity index (χ3n) is 4.29. The molecule has 0 saturated carbocycles. The highest BCUT2D eigenvalue weighted by Gasteiger charge is 2.47. The van der Waals surface area contributed by atoms with Crippen LogP contribution in [0.5, 0.6) is 0 Å². The highest BCUT2D eigenvalue weighted by molar-refractivity contribution is 6.04. The van der Waals surface area contributed by atoms with Gasteiger partial charge >= 0.3 is 11.9 Å². The molecule has 2 atom stereocenters. The molecule has 100 valence electrons. The molecule has 0 heterocycles. The zero-order valence-electron chi connectivity index (χ0n) is 11.5. The smallest absolute Gasteiger partial charge is 0.338 e. The van der Waals surface area contributed by atoms with Gasteiger partial charge in [0.15, 0.2) is 0 Å². The zero-order valence-corrected chi connectivity index (χ0v) is 11.5. The molecule has 4 nitrogen and oxygen atoms in total. The molecule has 3 rings (SSSR count). The number of fused-ring (bicyclic) bond motifs is 2. The lowest BCUT2D eigenvalue weighted by Gasteiger charge is -2.30. The van der Waals surface area contributed by atoms with Crippen molar-refractivity contribution in [3.8, 4) is 0 Å². The van der Waals surface area contributed by atoms with Crippen LogP contribution < -0.4 is 0 Å². The lowest BCUT2D eigenvalue weighted by molar-refractivity contribution is 0.0582. The van der Waals surface area contributed by atoms with Crippen molar-refractivity contribution in [1.29, 1.82) is 0 Å². The molecule has 4 heteroatoms. The quantitative estimate of drug-likeness (QED) is 0.766. The van der Waals surface area contributed by atoms with Gasteiger partial charge in [-0.05, 0) is 34.6 Å². The van der Waals surface area contributed by atoms with Crippen LogP contribution in [0.15, 0.2) is 0 Å². The van der Waals surface area contributed by atoms with E-state index in [9.17, 15) is 9.59 Å². The van der Waals surface area contributed by atoms with E-state index in [0.717, 1.165) is 28.7 Å². The molecule has 2 unspecified atom stereocenters. The molecule has 1 aromatic carbocycles. The van der Waals surface area contributed by atoms with Crippen LogP contribution >= 0.6 is 0 Å². The molecule has 0 radical (unpaired) electrons. The molecule has 0 bridgehead atoms. The fourth-order valence-electron chi connectivity index (χ4n) is 3.32. The van der Waals surface area contributed by atoms with Gasteiger partial charge in [-0.25, -0.2) is 9.59 Å². The second-order valence-electron chi connectivity index (χ2n) is 5.28. The number of esters is 2. The summed E-state index contributed by atoms with van der Waals surface area (Å²) in [5, 5.41) is 0. The first-order valence-corrected chi connectivity index (χ1v) is 6.42. The second kappa shape index (κ2) is 3.83. The predicted molar refractivity (Wildman–Crippen MR) is 68.8 cm³/mol. The Morgan fingerprint density at radius 2 is 1.47 bits per heavy atom. The maximum Gasteiger partial charge on any atom is 0.338 e. The number of methoxy groups -OCH3 is 2. The van der Waals surface area contributed by atoms with E-state index in [4.69, 9.17) is 9.47 Å². The van der Waals surface area contributed by atoms with E-state index in [2.05, 4.69) is 6.92 Å². The van der Waals surface area contributed by atoms with E-state index >= 15 is 0 Å². The SMILES string of the molecule is COC(=O)c1c2c(c(C(=O)OC)c3c1C3C)C(C)C2. The minimum Gasteiger partial charge on any atom is -0.465 e. The summed E-state index contributed by atoms with van der Waals surface area (Å²) >= 11 is 0. The van der Waals surface area contributed by atoms with Gasteiger partial charge in [0, 0.05) is 5.92 Å². The third kappa shape index (κ3) is 1.40. The fraction of sp³-hybridized carbons (Fsp3) is 0.467. The van der Waals surface area contributed by atoms with Crippen LogP contribution in [0, 0.1) is 0 Å². The number of ether oxygens (including phenoxy) is 2. The standard InChI is InChI=1S/C15H16O4/c1-6-5-8-9(6)13(15(17)19-4)11-7(2)10(11)12(8)14(16)18-3/h6-7H,5H2,1-4H3. The van der Waals surface area contributed by atoms with Gasteiger partial charge in [0.1, 0.15) is 0 Å². The molecule has 0 saturated heterocycles. The maximum atomic E-state index is 12.0. The second-order valence-corrected chi connectivity index (χ2v) is 5.28. The Bertz CT molecular complexity index is 615. The topological polar surface area (TPSA) is 52.6 Å². The first-order chi connectivity index (χ1) is 9.02. The summed E-state index contributed by atoms with van der Waals surface area (Å²) in [5.41, 5.74) is 5.27. The van der Waals surface area contributed by atoms with Gasteiger partial charge in [0.25, 0.3) is 0 Å². The van der Waals surface area contributed by atoms with Crippen molar-refractivity contribution in [1.82, 2.24) is 0 Å². The molecule has 0 N–H and O–H groups in total. The van der Waals surface area contributed by atoms with Crippen molar-refractivity contribution in [2.75, 3.05) is 14.2 Å². The summed E-state index contributed by atoms with van der Waals surface area (Å²) in [6, 6.07) is 0. The average Bonchev–Trinajstić information content (AvgIpc) is 3.05. The number of carbonyl (C=O) groups excluding carboxylic acids is 2. The zero-order chi connectivity index (χ0) is 13.9. The fourth-order valence-corrected chi connectivity index (χ4v) is 3.32. The summed E-state index contributed by atoms with van der Waals surface area (Å²) in [6.45, 7) is 4.07. The van der Waals surface area contributed by atoms with E-state index in [1.807, 2.05) is 6.92 Å².